The fraction of sp³-hybridized carbons (Fsp3) is 0.280. The number of hydrogen-bond acceptors (Lipinski definition) is 3. The maximum atomic E-state index is 12.3. The molecule has 0 saturated heterocycles. The van der Waals surface area contributed by atoms with Crippen LogP contribution in [0.3, 0.4) is 0 Å². The molecule has 0 bridgehead atoms. The van der Waals surface area contributed by atoms with Crippen molar-refractivity contribution in [2.75, 3.05) is 0 Å². The first-order valence-electron chi connectivity index (χ1n) is 10.2. The molecule has 0 aliphatic rings. The molecule has 1 unspecified atom stereocenters. The van der Waals surface area contributed by atoms with Crippen molar-refractivity contribution < 1.29 is 9.59 Å². The van der Waals surface area contributed by atoms with E-state index in [2.05, 4.69) is 5.32 Å². The Morgan fingerprint density at radius 2 is 1.48 bits per heavy atom. The fourth-order valence-electron chi connectivity index (χ4n) is 2.80. The van der Waals surface area contributed by atoms with Gasteiger partial charge in [-0.2, -0.15) is 0 Å². The molecule has 0 aliphatic carbocycles. The average molecular weight is 393 g/mol. The van der Waals surface area contributed by atoms with Gasteiger partial charge in [0, 0.05) is 12.1 Å². The van der Waals surface area contributed by atoms with E-state index in [1.807, 2.05) is 82.3 Å². The largest absolute Gasteiger partial charge is 0.342 e. The molecule has 0 radical (unpaired) electrons. The molecule has 0 saturated carbocycles. The number of amides is 1. The summed E-state index contributed by atoms with van der Waals surface area (Å²) in [6.07, 6.45) is 1.24. The third-order valence-electron chi connectivity index (χ3n) is 4.20. The Bertz CT molecular complexity index is 889. The summed E-state index contributed by atoms with van der Waals surface area (Å²) in [5.41, 5.74) is 8.04. The van der Waals surface area contributed by atoms with E-state index in [0.717, 1.165) is 28.2 Å². The number of fused-ring (bicyclic) bond motifs is 1. The van der Waals surface area contributed by atoms with Crippen LogP contribution in [0, 0.1) is 0 Å². The number of carbonyl (C=O) groups excluding carboxylic acids is 2. The van der Waals surface area contributed by atoms with E-state index in [4.69, 9.17) is 5.73 Å². The van der Waals surface area contributed by atoms with Crippen molar-refractivity contribution in [3.05, 3.63) is 83.4 Å². The van der Waals surface area contributed by atoms with Crippen molar-refractivity contribution in [2.24, 2.45) is 5.73 Å². The second-order valence-electron chi connectivity index (χ2n) is 6.00. The standard InChI is InChI=1S/C21H20N2O2.2C2H6/c22-13-15-5-9-18(10-6-15)21(25)23-20(14-24)12-16-7-8-17-3-1-2-4-19(17)11-16;2*1-2/h1-11,14,20H,12-13,22H2,(H,23,25);2*1-2H3. The fourth-order valence-corrected chi connectivity index (χ4v) is 2.80. The lowest BCUT2D eigenvalue weighted by Gasteiger charge is -2.13. The van der Waals surface area contributed by atoms with Crippen molar-refractivity contribution in [1.82, 2.24) is 5.32 Å². The van der Waals surface area contributed by atoms with E-state index in [1.165, 1.54) is 0 Å². The predicted octanol–water partition coefficient (Wildman–Crippen LogP) is 4.89. The first-order valence-corrected chi connectivity index (χ1v) is 10.2. The van der Waals surface area contributed by atoms with Gasteiger partial charge >= 0.3 is 0 Å². The van der Waals surface area contributed by atoms with Crippen molar-refractivity contribution in [2.45, 2.75) is 46.7 Å². The van der Waals surface area contributed by atoms with Gasteiger partial charge in [0.15, 0.2) is 0 Å². The lowest BCUT2D eigenvalue weighted by molar-refractivity contribution is -0.109. The van der Waals surface area contributed by atoms with Gasteiger partial charge in [-0.25, -0.2) is 0 Å². The number of hydrogen-bond donors (Lipinski definition) is 2. The summed E-state index contributed by atoms with van der Waals surface area (Å²) in [7, 11) is 0. The van der Waals surface area contributed by atoms with Gasteiger partial charge in [0.05, 0.1) is 6.04 Å². The number of carbonyl (C=O) groups is 2. The van der Waals surface area contributed by atoms with Crippen LogP contribution in [0.1, 0.15) is 49.2 Å². The summed E-state index contributed by atoms with van der Waals surface area (Å²) in [5, 5.41) is 5.05. The number of rotatable bonds is 6. The Morgan fingerprint density at radius 3 is 2.07 bits per heavy atom. The highest BCUT2D eigenvalue weighted by Gasteiger charge is 2.14. The highest BCUT2D eigenvalue weighted by Crippen LogP contribution is 2.16. The summed E-state index contributed by atoms with van der Waals surface area (Å²) in [6.45, 7) is 8.43. The molecule has 0 aromatic heterocycles. The van der Waals surface area contributed by atoms with Gasteiger partial charge in [-0.05, 0) is 40.5 Å². The van der Waals surface area contributed by atoms with E-state index in [1.54, 1.807) is 12.1 Å². The zero-order valence-corrected chi connectivity index (χ0v) is 17.8. The van der Waals surface area contributed by atoms with Crippen LogP contribution in [0.5, 0.6) is 0 Å². The van der Waals surface area contributed by atoms with Crippen LogP contribution in [0.25, 0.3) is 10.8 Å². The molecule has 29 heavy (non-hydrogen) atoms. The molecule has 4 nitrogen and oxygen atoms in total. The van der Waals surface area contributed by atoms with Gasteiger partial charge in [-0.15, -0.1) is 0 Å². The lowest BCUT2D eigenvalue weighted by atomic mass is 10.0. The first-order chi connectivity index (χ1) is 14.2. The van der Waals surface area contributed by atoms with Crippen molar-refractivity contribution >= 4 is 23.0 Å². The third-order valence-corrected chi connectivity index (χ3v) is 4.20. The Hall–Kier alpha value is -2.98. The molecule has 3 aromatic rings. The lowest BCUT2D eigenvalue weighted by Crippen LogP contribution is -2.37. The molecule has 154 valence electrons. The quantitative estimate of drug-likeness (QED) is 0.587. The monoisotopic (exact) mass is 392 g/mol. The summed E-state index contributed by atoms with van der Waals surface area (Å²) in [4.78, 5) is 23.7. The molecule has 4 heteroatoms. The van der Waals surface area contributed by atoms with E-state index < -0.39 is 6.04 Å². The van der Waals surface area contributed by atoms with E-state index in [-0.39, 0.29) is 5.91 Å². The molecule has 0 fully saturated rings. The smallest absolute Gasteiger partial charge is 0.251 e. The molecule has 3 aromatic carbocycles. The van der Waals surface area contributed by atoms with Crippen molar-refractivity contribution in [1.29, 1.82) is 0 Å². The zero-order valence-electron chi connectivity index (χ0n) is 17.8. The molecule has 0 aliphatic heterocycles. The number of nitrogens with two attached hydrogens (primary N) is 1. The topological polar surface area (TPSA) is 72.2 Å². The van der Waals surface area contributed by atoms with Gasteiger partial charge in [0.2, 0.25) is 0 Å². The highest BCUT2D eigenvalue weighted by molar-refractivity contribution is 5.95. The SMILES string of the molecule is CC.CC.NCc1ccc(C(=O)NC(C=O)Cc2ccc3ccccc3c2)cc1. The summed E-state index contributed by atoms with van der Waals surface area (Å²) < 4.78 is 0. The van der Waals surface area contributed by atoms with Crippen LogP contribution in [0.2, 0.25) is 0 Å². The first kappa shape index (κ1) is 24.1. The zero-order chi connectivity index (χ0) is 21.6. The van der Waals surface area contributed by atoms with Crippen molar-refractivity contribution in [3.8, 4) is 0 Å². The van der Waals surface area contributed by atoms with Gasteiger partial charge in [-0.1, -0.05) is 82.3 Å². The van der Waals surface area contributed by atoms with Gasteiger partial charge < -0.3 is 15.8 Å². The molecule has 3 N–H and O–H groups in total. The Labute approximate surface area is 174 Å². The van der Waals surface area contributed by atoms with Crippen LogP contribution < -0.4 is 11.1 Å². The molecular formula is C25H32N2O2. The molecule has 1 atom stereocenters. The van der Waals surface area contributed by atoms with Crippen LogP contribution in [-0.2, 0) is 17.8 Å². The van der Waals surface area contributed by atoms with Gasteiger partial charge in [0.25, 0.3) is 5.91 Å². The second-order valence-corrected chi connectivity index (χ2v) is 6.00. The van der Waals surface area contributed by atoms with Crippen LogP contribution >= 0.6 is 0 Å². The average Bonchev–Trinajstić information content (AvgIpc) is 2.81. The van der Waals surface area contributed by atoms with E-state index >= 15 is 0 Å². The normalized spacial score (nSPS) is 10.7. The van der Waals surface area contributed by atoms with Gasteiger partial charge in [0.1, 0.15) is 6.29 Å². The van der Waals surface area contributed by atoms with Gasteiger partial charge in [-0.3, -0.25) is 4.79 Å². The Balaban J connectivity index is 0.000000989. The predicted molar refractivity (Wildman–Crippen MR) is 122 cm³/mol. The molecule has 0 heterocycles. The second kappa shape index (κ2) is 13.2. The van der Waals surface area contributed by atoms with Crippen molar-refractivity contribution in [3.63, 3.8) is 0 Å². The number of aldehydes is 1. The minimum absolute atomic E-state index is 0.263. The van der Waals surface area contributed by atoms with Crippen LogP contribution in [-0.4, -0.2) is 18.2 Å². The van der Waals surface area contributed by atoms with E-state index in [0.29, 0.717) is 18.5 Å². The maximum Gasteiger partial charge on any atom is 0.251 e. The number of benzene rings is 3. The summed E-state index contributed by atoms with van der Waals surface area (Å²) >= 11 is 0. The summed E-state index contributed by atoms with van der Waals surface area (Å²) in [5.74, 6) is -0.263. The molecule has 1 amide bonds. The third kappa shape index (κ3) is 7.16. The van der Waals surface area contributed by atoms with Crippen LogP contribution in [0.15, 0.2) is 66.7 Å². The highest BCUT2D eigenvalue weighted by atomic mass is 16.2. The maximum absolute atomic E-state index is 12.3. The number of nitrogens with one attached hydrogen (secondary N) is 1. The molecule has 0 spiro atoms. The van der Waals surface area contributed by atoms with E-state index in [9.17, 15) is 9.59 Å². The van der Waals surface area contributed by atoms with Crippen LogP contribution in [0.4, 0.5) is 0 Å². The molecular weight excluding hydrogens is 360 g/mol. The minimum atomic E-state index is -0.567. The Morgan fingerprint density at radius 1 is 0.897 bits per heavy atom. The Kier molecular flexibility index (Phi) is 11.0. The molecule has 3 rings (SSSR count). The minimum Gasteiger partial charge on any atom is -0.342 e. The summed E-state index contributed by atoms with van der Waals surface area (Å²) in [6, 6.07) is 20.6.